The molecule has 2 aromatic carbocycles. The van der Waals surface area contributed by atoms with Gasteiger partial charge in [0, 0.05) is 10.7 Å². The SMILES string of the molecule is c1ccc(C2=NO[P+]3(O2)Oc2ccccc2O3)cc1. The lowest BCUT2D eigenvalue weighted by Gasteiger charge is -2.03. The van der Waals surface area contributed by atoms with Crippen molar-refractivity contribution < 1.29 is 18.2 Å². The smallest absolute Gasteiger partial charge is 0.235 e. The van der Waals surface area contributed by atoms with E-state index < -0.39 is 8.17 Å². The summed E-state index contributed by atoms with van der Waals surface area (Å²) in [6.45, 7) is 0. The topological polar surface area (TPSA) is 49.3 Å². The molecule has 4 rings (SSSR count). The van der Waals surface area contributed by atoms with E-state index in [0.717, 1.165) is 5.56 Å². The summed E-state index contributed by atoms with van der Waals surface area (Å²) < 4.78 is 22.2. The number of oxime groups is 1. The summed E-state index contributed by atoms with van der Waals surface area (Å²) in [6.07, 6.45) is 0. The normalized spacial score (nSPS) is 17.8. The summed E-state index contributed by atoms with van der Waals surface area (Å²) in [5.41, 5.74) is 0.822. The van der Waals surface area contributed by atoms with Crippen LogP contribution >= 0.6 is 8.17 Å². The first-order valence-corrected chi connectivity index (χ1v) is 7.20. The molecule has 0 saturated heterocycles. The van der Waals surface area contributed by atoms with Crippen molar-refractivity contribution in [2.24, 2.45) is 5.16 Å². The maximum Gasteiger partial charge on any atom is 0.790 e. The van der Waals surface area contributed by atoms with Gasteiger partial charge in [0.05, 0.1) is 0 Å². The molecule has 0 bridgehead atoms. The third-order valence-electron chi connectivity index (χ3n) is 2.71. The fourth-order valence-electron chi connectivity index (χ4n) is 1.84. The van der Waals surface area contributed by atoms with Crippen LogP contribution in [0.15, 0.2) is 59.8 Å². The van der Waals surface area contributed by atoms with Gasteiger partial charge in [-0.3, -0.25) is 0 Å². The Morgan fingerprint density at radius 3 is 2.05 bits per heavy atom. The predicted octanol–water partition coefficient (Wildman–Crippen LogP) is 3.54. The second-order valence-electron chi connectivity index (χ2n) is 4.01. The standard InChI is InChI=1S/C13H9NO4P/c1-2-6-10(7-3-1)13-14-18-19(17-13)15-11-8-4-5-9-12(11)16-19/h1-9H/q+1. The van der Waals surface area contributed by atoms with Gasteiger partial charge in [0.2, 0.25) is 11.5 Å². The Morgan fingerprint density at radius 2 is 1.37 bits per heavy atom. The maximum absolute atomic E-state index is 5.67. The molecule has 0 aromatic heterocycles. The van der Waals surface area contributed by atoms with Crippen molar-refractivity contribution in [2.75, 3.05) is 0 Å². The van der Waals surface area contributed by atoms with Gasteiger partial charge in [-0.1, -0.05) is 30.3 Å². The van der Waals surface area contributed by atoms with E-state index in [1.165, 1.54) is 0 Å². The summed E-state index contributed by atoms with van der Waals surface area (Å²) in [5, 5.41) is 3.92. The van der Waals surface area contributed by atoms with E-state index in [0.29, 0.717) is 17.4 Å². The molecule has 5 nitrogen and oxygen atoms in total. The largest absolute Gasteiger partial charge is 0.790 e. The van der Waals surface area contributed by atoms with Gasteiger partial charge in [0.1, 0.15) is 0 Å². The van der Waals surface area contributed by atoms with Crippen LogP contribution in [0.3, 0.4) is 0 Å². The van der Waals surface area contributed by atoms with E-state index >= 15 is 0 Å². The van der Waals surface area contributed by atoms with Crippen LogP contribution in [0, 0.1) is 0 Å². The van der Waals surface area contributed by atoms with Crippen molar-refractivity contribution in [3.05, 3.63) is 60.2 Å². The highest BCUT2D eigenvalue weighted by molar-refractivity contribution is 7.58. The number of fused-ring (bicyclic) bond motifs is 1. The molecule has 2 aromatic rings. The van der Waals surface area contributed by atoms with Gasteiger partial charge in [-0.2, -0.15) is 0 Å². The molecule has 0 fully saturated rings. The van der Waals surface area contributed by atoms with E-state index in [1.807, 2.05) is 42.5 Å². The number of rotatable bonds is 1. The maximum atomic E-state index is 5.67. The molecule has 0 saturated carbocycles. The van der Waals surface area contributed by atoms with Crippen molar-refractivity contribution in [3.63, 3.8) is 0 Å². The van der Waals surface area contributed by atoms with Crippen LogP contribution in [-0.2, 0) is 9.15 Å². The van der Waals surface area contributed by atoms with Gasteiger partial charge in [-0.05, 0) is 24.3 Å². The third kappa shape index (κ3) is 1.71. The summed E-state index contributed by atoms with van der Waals surface area (Å²) in [7, 11) is -2.90. The Balaban J connectivity index is 1.60. The number of hydrogen-bond donors (Lipinski definition) is 0. The minimum atomic E-state index is -2.90. The fourth-order valence-corrected chi connectivity index (χ4v) is 3.36. The third-order valence-corrected chi connectivity index (χ3v) is 4.23. The van der Waals surface area contributed by atoms with Gasteiger partial charge in [0.15, 0.2) is 0 Å². The molecule has 0 aliphatic carbocycles. The van der Waals surface area contributed by atoms with Crippen LogP contribution in [0.1, 0.15) is 5.56 Å². The number of para-hydroxylation sites is 2. The Kier molecular flexibility index (Phi) is 2.17. The molecule has 1 spiro atoms. The summed E-state index contributed by atoms with van der Waals surface area (Å²) >= 11 is 0. The lowest BCUT2D eigenvalue weighted by atomic mass is 10.2. The van der Waals surface area contributed by atoms with Crippen LogP contribution < -0.4 is 9.05 Å². The van der Waals surface area contributed by atoms with Crippen LogP contribution in [0.5, 0.6) is 11.5 Å². The lowest BCUT2D eigenvalue weighted by molar-refractivity contribution is 0.244. The minimum absolute atomic E-state index is 0.377. The average Bonchev–Trinajstić information content (AvgIpc) is 3.03. The van der Waals surface area contributed by atoms with Crippen LogP contribution in [0.2, 0.25) is 0 Å². The molecule has 6 heteroatoms. The van der Waals surface area contributed by atoms with E-state index in [4.69, 9.17) is 18.2 Å². The van der Waals surface area contributed by atoms with Crippen LogP contribution in [-0.4, -0.2) is 5.90 Å². The van der Waals surface area contributed by atoms with Crippen molar-refractivity contribution in [2.45, 2.75) is 0 Å². The Hall–Kier alpha value is -2.26. The minimum Gasteiger partial charge on any atom is -0.235 e. The first-order chi connectivity index (χ1) is 9.35. The summed E-state index contributed by atoms with van der Waals surface area (Å²) in [6, 6.07) is 16.8. The van der Waals surface area contributed by atoms with Crippen molar-refractivity contribution in [3.8, 4) is 11.5 Å². The fraction of sp³-hybridized carbons (Fsp3) is 0. The number of nitrogens with zero attached hydrogens (tertiary/aromatic N) is 1. The number of benzene rings is 2. The highest BCUT2D eigenvalue weighted by Crippen LogP contribution is 2.71. The Labute approximate surface area is 110 Å². The van der Waals surface area contributed by atoms with Crippen LogP contribution in [0.4, 0.5) is 0 Å². The van der Waals surface area contributed by atoms with E-state index in [-0.39, 0.29) is 0 Å². The van der Waals surface area contributed by atoms with Gasteiger partial charge >= 0.3 is 14.1 Å². The van der Waals surface area contributed by atoms with Crippen LogP contribution in [0.25, 0.3) is 0 Å². The molecule has 0 radical (unpaired) electrons. The predicted molar refractivity (Wildman–Crippen MR) is 69.8 cm³/mol. The highest BCUT2D eigenvalue weighted by atomic mass is 31.2. The number of hydrogen-bond acceptors (Lipinski definition) is 5. The molecule has 2 aliphatic heterocycles. The molecule has 0 N–H and O–H groups in total. The summed E-state index contributed by atoms with van der Waals surface area (Å²) in [5.74, 6) is 1.60. The van der Waals surface area contributed by atoms with Gasteiger partial charge < -0.3 is 0 Å². The zero-order valence-corrected chi connectivity index (χ0v) is 10.6. The molecule has 94 valence electrons. The van der Waals surface area contributed by atoms with E-state index in [2.05, 4.69) is 5.16 Å². The second kappa shape index (κ2) is 3.87. The zero-order valence-electron chi connectivity index (χ0n) is 9.72. The monoisotopic (exact) mass is 274 g/mol. The molecule has 2 heterocycles. The van der Waals surface area contributed by atoms with E-state index in [9.17, 15) is 0 Å². The highest BCUT2D eigenvalue weighted by Gasteiger charge is 2.66. The molecular weight excluding hydrogens is 265 g/mol. The molecule has 19 heavy (non-hydrogen) atoms. The van der Waals surface area contributed by atoms with Gasteiger partial charge in [-0.25, -0.2) is 13.6 Å². The lowest BCUT2D eigenvalue weighted by Crippen LogP contribution is -2.07. The zero-order chi connectivity index (χ0) is 12.7. The first kappa shape index (κ1) is 10.6. The molecule has 0 atom stereocenters. The van der Waals surface area contributed by atoms with Crippen molar-refractivity contribution >= 4 is 14.1 Å². The van der Waals surface area contributed by atoms with Crippen molar-refractivity contribution in [1.29, 1.82) is 0 Å². The van der Waals surface area contributed by atoms with E-state index in [1.54, 1.807) is 12.1 Å². The Morgan fingerprint density at radius 1 is 0.737 bits per heavy atom. The van der Waals surface area contributed by atoms with Gasteiger partial charge in [-0.15, -0.1) is 4.62 Å². The molecule has 0 amide bonds. The van der Waals surface area contributed by atoms with Crippen molar-refractivity contribution in [1.82, 2.24) is 0 Å². The molecule has 2 aliphatic rings. The quantitative estimate of drug-likeness (QED) is 0.746. The average molecular weight is 274 g/mol. The first-order valence-electron chi connectivity index (χ1n) is 5.74. The van der Waals surface area contributed by atoms with Gasteiger partial charge in [0.25, 0.3) is 0 Å². The second-order valence-corrected chi connectivity index (χ2v) is 5.62. The summed E-state index contributed by atoms with van der Waals surface area (Å²) in [4.78, 5) is 0. The molecule has 0 unspecified atom stereocenters. The molecular formula is C13H9NO4P+. The Bertz CT molecular complexity index is 634.